The monoisotopic (exact) mass is 404 g/mol. The largest absolute Gasteiger partial charge is 0.494 e. The molecule has 2 atom stereocenters. The maximum atomic E-state index is 13.1. The molecule has 1 saturated carbocycles. The Hall–Kier alpha value is -1.59. The molecule has 1 aliphatic carbocycles. The minimum absolute atomic E-state index is 0.00890. The summed E-state index contributed by atoms with van der Waals surface area (Å²) in [5, 5.41) is 3.08. The molecule has 164 valence electrons. The van der Waals surface area contributed by atoms with Crippen LogP contribution in [0.3, 0.4) is 0 Å². The highest BCUT2D eigenvalue weighted by Crippen LogP contribution is 2.36. The summed E-state index contributed by atoms with van der Waals surface area (Å²) in [5.74, 6) is 1.34. The molecule has 1 N–H and O–H groups in total. The van der Waals surface area contributed by atoms with Crippen molar-refractivity contribution in [2.24, 2.45) is 5.92 Å². The zero-order chi connectivity index (χ0) is 21.1. The molecule has 1 fully saturated rings. The number of ether oxygens (including phenoxy) is 2. The molecule has 1 aromatic carbocycles. The van der Waals surface area contributed by atoms with E-state index in [0.29, 0.717) is 19.1 Å². The van der Waals surface area contributed by atoms with Crippen LogP contribution in [0, 0.1) is 5.92 Å². The molecule has 0 spiro atoms. The number of nitrogens with zero attached hydrogens (tertiary/aromatic N) is 1. The van der Waals surface area contributed by atoms with E-state index in [1.807, 2.05) is 24.3 Å². The van der Waals surface area contributed by atoms with Crippen LogP contribution < -0.4 is 10.1 Å². The molecule has 2 rings (SSSR count). The van der Waals surface area contributed by atoms with E-state index in [9.17, 15) is 4.79 Å². The molecule has 0 unspecified atom stereocenters. The zero-order valence-electron chi connectivity index (χ0n) is 18.8. The van der Waals surface area contributed by atoms with Gasteiger partial charge in [-0.1, -0.05) is 34.1 Å². The standard InChI is InChI=1S/C24H40N2O3/c1-5-17-29-24(15-8-10-20(4)19-24)23(27)25-21-11-13-22(14-12-21)28-18-9-16-26(6-2)7-3/h11-14,20H,5-10,15-19H2,1-4H3,(H,25,27)/t20-,24+/m1/s1. The molecule has 0 radical (unpaired) electrons. The van der Waals surface area contributed by atoms with Crippen LogP contribution >= 0.6 is 0 Å². The highest BCUT2D eigenvalue weighted by atomic mass is 16.5. The highest BCUT2D eigenvalue weighted by Gasteiger charge is 2.42. The summed E-state index contributed by atoms with van der Waals surface area (Å²) in [5.41, 5.74) is 0.107. The highest BCUT2D eigenvalue weighted by molar-refractivity contribution is 5.97. The maximum absolute atomic E-state index is 13.1. The molecule has 5 nitrogen and oxygen atoms in total. The van der Waals surface area contributed by atoms with E-state index in [-0.39, 0.29) is 5.91 Å². The van der Waals surface area contributed by atoms with Crippen molar-refractivity contribution in [3.8, 4) is 5.75 Å². The number of hydrogen-bond acceptors (Lipinski definition) is 4. The first-order valence-corrected chi connectivity index (χ1v) is 11.4. The van der Waals surface area contributed by atoms with Gasteiger partial charge in [0, 0.05) is 18.8 Å². The Labute approximate surface area is 177 Å². The molecule has 0 bridgehead atoms. The summed E-state index contributed by atoms with van der Waals surface area (Å²) in [6, 6.07) is 7.68. The molecule has 5 heteroatoms. The fourth-order valence-electron chi connectivity index (χ4n) is 4.10. The van der Waals surface area contributed by atoms with Gasteiger partial charge in [0.1, 0.15) is 11.4 Å². The third-order valence-corrected chi connectivity index (χ3v) is 5.85. The van der Waals surface area contributed by atoms with Gasteiger partial charge in [-0.3, -0.25) is 4.79 Å². The minimum Gasteiger partial charge on any atom is -0.494 e. The van der Waals surface area contributed by atoms with Gasteiger partial charge in [0.2, 0.25) is 0 Å². The van der Waals surface area contributed by atoms with Crippen molar-refractivity contribution in [1.29, 1.82) is 0 Å². The molecular formula is C24H40N2O3. The summed E-state index contributed by atoms with van der Waals surface area (Å²) in [7, 11) is 0. The van der Waals surface area contributed by atoms with Crippen molar-refractivity contribution >= 4 is 11.6 Å². The van der Waals surface area contributed by atoms with Crippen LogP contribution in [0.4, 0.5) is 5.69 Å². The zero-order valence-corrected chi connectivity index (χ0v) is 18.8. The third-order valence-electron chi connectivity index (χ3n) is 5.85. The smallest absolute Gasteiger partial charge is 0.256 e. The number of benzene rings is 1. The quantitative estimate of drug-likeness (QED) is 0.492. The van der Waals surface area contributed by atoms with E-state index in [0.717, 1.165) is 63.2 Å². The lowest BCUT2D eigenvalue weighted by Crippen LogP contribution is -2.48. The molecule has 1 amide bonds. The van der Waals surface area contributed by atoms with Gasteiger partial charge < -0.3 is 19.7 Å². The molecule has 1 aromatic rings. The molecule has 0 heterocycles. The minimum atomic E-state index is -0.687. The van der Waals surface area contributed by atoms with Gasteiger partial charge in [-0.2, -0.15) is 0 Å². The fraction of sp³-hybridized carbons (Fsp3) is 0.708. The maximum Gasteiger partial charge on any atom is 0.256 e. The van der Waals surface area contributed by atoms with Gasteiger partial charge in [-0.15, -0.1) is 0 Å². The topological polar surface area (TPSA) is 50.8 Å². The second-order valence-electron chi connectivity index (χ2n) is 8.25. The van der Waals surface area contributed by atoms with Crippen LogP contribution in [0.25, 0.3) is 0 Å². The molecule has 0 saturated heterocycles. The van der Waals surface area contributed by atoms with Gasteiger partial charge in [-0.25, -0.2) is 0 Å². The van der Waals surface area contributed by atoms with Gasteiger partial charge in [0.05, 0.1) is 6.61 Å². The van der Waals surface area contributed by atoms with Crippen molar-refractivity contribution < 1.29 is 14.3 Å². The number of hydrogen-bond donors (Lipinski definition) is 1. The van der Waals surface area contributed by atoms with Gasteiger partial charge in [0.25, 0.3) is 5.91 Å². The first kappa shape index (κ1) is 23.7. The van der Waals surface area contributed by atoms with Crippen LogP contribution in [0.2, 0.25) is 0 Å². The summed E-state index contributed by atoms with van der Waals surface area (Å²) < 4.78 is 12.0. The van der Waals surface area contributed by atoms with Crippen LogP contribution in [-0.4, -0.2) is 49.3 Å². The predicted octanol–water partition coefficient (Wildman–Crippen LogP) is 5.11. The summed E-state index contributed by atoms with van der Waals surface area (Å²) in [6.45, 7) is 13.2. The van der Waals surface area contributed by atoms with E-state index >= 15 is 0 Å². The second-order valence-corrected chi connectivity index (χ2v) is 8.25. The van der Waals surface area contributed by atoms with E-state index in [1.54, 1.807) is 0 Å². The Morgan fingerprint density at radius 1 is 1.17 bits per heavy atom. The van der Waals surface area contributed by atoms with Crippen molar-refractivity contribution in [3.63, 3.8) is 0 Å². The molecule has 1 aliphatic rings. The second kappa shape index (κ2) is 12.2. The first-order chi connectivity index (χ1) is 14.0. The van der Waals surface area contributed by atoms with Crippen molar-refractivity contribution in [2.75, 3.05) is 38.2 Å². The fourth-order valence-corrected chi connectivity index (χ4v) is 4.10. The first-order valence-electron chi connectivity index (χ1n) is 11.4. The predicted molar refractivity (Wildman–Crippen MR) is 120 cm³/mol. The SMILES string of the molecule is CCCO[C@@]1(C(=O)Nc2ccc(OCCCN(CC)CC)cc2)CCC[C@@H](C)C1. The number of carbonyl (C=O) groups is 1. The number of anilines is 1. The van der Waals surface area contributed by atoms with E-state index in [1.165, 1.54) is 6.42 Å². The van der Waals surface area contributed by atoms with E-state index < -0.39 is 5.60 Å². The number of nitrogens with one attached hydrogen (secondary N) is 1. The van der Waals surface area contributed by atoms with Crippen LogP contribution in [0.5, 0.6) is 5.75 Å². The Bertz CT molecular complexity index is 601. The summed E-state index contributed by atoms with van der Waals surface area (Å²) in [6.07, 6.45) is 5.74. The van der Waals surface area contributed by atoms with E-state index in [4.69, 9.17) is 9.47 Å². The number of amides is 1. The lowest BCUT2D eigenvalue weighted by atomic mass is 9.78. The average Bonchev–Trinajstić information content (AvgIpc) is 2.73. The normalized spacial score (nSPS) is 21.9. The Kier molecular flexibility index (Phi) is 9.95. The lowest BCUT2D eigenvalue weighted by molar-refractivity contribution is -0.148. The third kappa shape index (κ3) is 7.31. The van der Waals surface area contributed by atoms with Crippen LogP contribution in [-0.2, 0) is 9.53 Å². The Morgan fingerprint density at radius 2 is 1.90 bits per heavy atom. The Morgan fingerprint density at radius 3 is 2.52 bits per heavy atom. The van der Waals surface area contributed by atoms with Gasteiger partial charge >= 0.3 is 0 Å². The molecule has 29 heavy (non-hydrogen) atoms. The van der Waals surface area contributed by atoms with Gasteiger partial charge in [-0.05, 0) is 75.4 Å². The van der Waals surface area contributed by atoms with Crippen molar-refractivity contribution in [3.05, 3.63) is 24.3 Å². The lowest BCUT2D eigenvalue weighted by Gasteiger charge is -2.38. The molecule has 0 aliphatic heterocycles. The summed E-state index contributed by atoms with van der Waals surface area (Å²) >= 11 is 0. The van der Waals surface area contributed by atoms with Crippen molar-refractivity contribution in [1.82, 2.24) is 4.90 Å². The Balaban J connectivity index is 1.87. The van der Waals surface area contributed by atoms with Crippen LogP contribution in [0.1, 0.15) is 66.2 Å². The van der Waals surface area contributed by atoms with Gasteiger partial charge in [0.15, 0.2) is 0 Å². The molecular weight excluding hydrogens is 364 g/mol. The molecule has 0 aromatic heterocycles. The van der Waals surface area contributed by atoms with Crippen LogP contribution in [0.15, 0.2) is 24.3 Å². The van der Waals surface area contributed by atoms with Crippen molar-refractivity contribution in [2.45, 2.75) is 71.8 Å². The number of rotatable bonds is 12. The summed E-state index contributed by atoms with van der Waals surface area (Å²) in [4.78, 5) is 15.5. The average molecular weight is 405 g/mol. The van der Waals surface area contributed by atoms with E-state index in [2.05, 4.69) is 37.9 Å². The number of carbonyl (C=O) groups excluding carboxylic acids is 1.